The Kier molecular flexibility index (Phi) is 10.7. The molecule has 7 heteroatoms. The highest BCUT2D eigenvalue weighted by atomic mass is 16.6. The van der Waals surface area contributed by atoms with Gasteiger partial charge in [0.25, 0.3) is 0 Å². The first-order valence-corrected chi connectivity index (χ1v) is 13.0. The van der Waals surface area contributed by atoms with Gasteiger partial charge in [0.05, 0.1) is 0 Å². The van der Waals surface area contributed by atoms with Crippen LogP contribution in [0.15, 0.2) is 54.6 Å². The number of rotatable bonds is 10. The molecule has 2 N–H and O–H groups in total. The van der Waals surface area contributed by atoms with Crippen molar-refractivity contribution in [2.45, 2.75) is 92.1 Å². The van der Waals surface area contributed by atoms with E-state index >= 15 is 0 Å². The number of nitrogens with zero attached hydrogens (tertiary/aromatic N) is 1. The van der Waals surface area contributed by atoms with E-state index in [1.807, 2.05) is 89.2 Å². The zero-order valence-corrected chi connectivity index (χ0v) is 23.5. The molecule has 2 aromatic rings. The maximum absolute atomic E-state index is 14.1. The second-order valence-corrected chi connectivity index (χ2v) is 10.9. The number of nitrogens with one attached hydrogen (secondary N) is 2. The van der Waals surface area contributed by atoms with Crippen LogP contribution >= 0.6 is 0 Å². The molecule has 0 spiro atoms. The highest BCUT2D eigenvalue weighted by Gasteiger charge is 2.39. The molecule has 3 amide bonds. The lowest BCUT2D eigenvalue weighted by atomic mass is 9.94. The van der Waals surface area contributed by atoms with Gasteiger partial charge in [-0.2, -0.15) is 0 Å². The van der Waals surface area contributed by atoms with E-state index in [9.17, 15) is 14.4 Å². The van der Waals surface area contributed by atoms with Crippen LogP contribution in [-0.4, -0.2) is 40.5 Å². The third kappa shape index (κ3) is 8.92. The summed E-state index contributed by atoms with van der Waals surface area (Å²) in [6.45, 7) is 15.3. The van der Waals surface area contributed by atoms with Crippen LogP contribution in [0.1, 0.15) is 77.6 Å². The normalized spacial score (nSPS) is 13.9. The largest absolute Gasteiger partial charge is 0.444 e. The molecule has 7 nitrogen and oxygen atoms in total. The molecule has 3 atom stereocenters. The van der Waals surface area contributed by atoms with Gasteiger partial charge in [-0.05, 0) is 58.6 Å². The number of ether oxygens (including phenoxy) is 1. The minimum absolute atomic E-state index is 0.174. The first kappa shape index (κ1) is 29.9. The first-order valence-electron chi connectivity index (χ1n) is 13.0. The summed E-state index contributed by atoms with van der Waals surface area (Å²) in [5.41, 5.74) is 2.02. The molecule has 0 radical (unpaired) electrons. The lowest BCUT2D eigenvalue weighted by Crippen LogP contribution is -2.56. The summed E-state index contributed by atoms with van der Waals surface area (Å²) in [4.78, 5) is 42.1. The lowest BCUT2D eigenvalue weighted by Gasteiger charge is -2.38. The van der Waals surface area contributed by atoms with Gasteiger partial charge in [-0.1, -0.05) is 80.4 Å². The fourth-order valence-electron chi connectivity index (χ4n) is 4.03. The van der Waals surface area contributed by atoms with E-state index in [1.165, 1.54) is 0 Å². The molecule has 202 valence electrons. The van der Waals surface area contributed by atoms with Gasteiger partial charge in [-0.15, -0.1) is 0 Å². The van der Waals surface area contributed by atoms with Gasteiger partial charge in [0.1, 0.15) is 17.7 Å². The summed E-state index contributed by atoms with van der Waals surface area (Å²) < 4.78 is 5.45. The summed E-state index contributed by atoms with van der Waals surface area (Å²) in [5.74, 6) is -0.780. The molecule has 37 heavy (non-hydrogen) atoms. The molecular formula is C30H43N3O4. The first-order chi connectivity index (χ1) is 17.3. The summed E-state index contributed by atoms with van der Waals surface area (Å²) >= 11 is 0. The van der Waals surface area contributed by atoms with E-state index in [1.54, 1.807) is 25.7 Å². The maximum atomic E-state index is 14.1. The van der Waals surface area contributed by atoms with Gasteiger partial charge in [0.2, 0.25) is 11.8 Å². The Hall–Kier alpha value is -3.35. The van der Waals surface area contributed by atoms with Crippen LogP contribution in [0, 0.1) is 12.8 Å². The Bertz CT molecular complexity index is 1030. The van der Waals surface area contributed by atoms with Gasteiger partial charge < -0.3 is 20.3 Å². The highest BCUT2D eigenvalue weighted by Crippen LogP contribution is 2.27. The molecule has 0 aliphatic carbocycles. The Balaban J connectivity index is 2.45. The summed E-state index contributed by atoms with van der Waals surface area (Å²) in [5, 5.41) is 5.80. The van der Waals surface area contributed by atoms with Crippen LogP contribution in [0.4, 0.5) is 4.79 Å². The topological polar surface area (TPSA) is 87.7 Å². The zero-order chi connectivity index (χ0) is 27.8. The second-order valence-electron chi connectivity index (χ2n) is 10.9. The number of aryl methyl sites for hydroxylation is 1. The Morgan fingerprint density at radius 3 is 2.05 bits per heavy atom. The quantitative estimate of drug-likeness (QED) is 0.441. The van der Waals surface area contributed by atoms with Crippen LogP contribution in [0.25, 0.3) is 0 Å². The fourth-order valence-corrected chi connectivity index (χ4v) is 4.03. The standard InChI is InChI=1S/C30H43N3O4/c1-9-22(5)25(32-29(36)37-30(6,7)8)28(35)33(20(2)3)26(24-17-15-21(4)16-18-24)27(34)31-19-23-13-11-10-12-14-23/h10-18,20,22,25-26H,9,19H2,1-8H3,(H,31,34)(H,32,36). The molecule has 0 aliphatic rings. The van der Waals surface area contributed by atoms with Crippen molar-refractivity contribution in [3.05, 3.63) is 71.3 Å². The number of benzene rings is 2. The number of hydrogen-bond acceptors (Lipinski definition) is 4. The summed E-state index contributed by atoms with van der Waals surface area (Å²) in [6.07, 6.45) is 0.00310. The van der Waals surface area contributed by atoms with E-state index in [-0.39, 0.29) is 23.8 Å². The predicted octanol–water partition coefficient (Wildman–Crippen LogP) is 5.53. The molecular weight excluding hydrogens is 466 g/mol. The zero-order valence-electron chi connectivity index (χ0n) is 23.5. The van der Waals surface area contributed by atoms with Crippen LogP contribution in [0.3, 0.4) is 0 Å². The maximum Gasteiger partial charge on any atom is 0.408 e. The smallest absolute Gasteiger partial charge is 0.408 e. The van der Waals surface area contributed by atoms with E-state index in [4.69, 9.17) is 4.74 Å². The number of amides is 3. The predicted molar refractivity (Wildman–Crippen MR) is 147 cm³/mol. The van der Waals surface area contributed by atoms with Crippen molar-refractivity contribution in [2.24, 2.45) is 5.92 Å². The fraction of sp³-hybridized carbons (Fsp3) is 0.500. The van der Waals surface area contributed by atoms with Crippen LogP contribution < -0.4 is 10.6 Å². The van der Waals surface area contributed by atoms with Crippen LogP contribution in [0.5, 0.6) is 0 Å². The minimum Gasteiger partial charge on any atom is -0.444 e. The summed E-state index contributed by atoms with van der Waals surface area (Å²) in [6, 6.07) is 15.2. The average molecular weight is 510 g/mol. The molecule has 0 aromatic heterocycles. The minimum atomic E-state index is -0.871. The third-order valence-corrected chi connectivity index (χ3v) is 6.19. The number of carbonyl (C=O) groups is 3. The van der Waals surface area contributed by atoms with Crippen molar-refractivity contribution in [1.29, 1.82) is 0 Å². The molecule has 2 aromatic carbocycles. The number of alkyl carbamates (subject to hydrolysis) is 1. The van der Waals surface area contributed by atoms with Crippen molar-refractivity contribution >= 4 is 17.9 Å². The van der Waals surface area contributed by atoms with Crippen molar-refractivity contribution < 1.29 is 19.1 Å². The second kappa shape index (κ2) is 13.3. The Morgan fingerprint density at radius 2 is 1.54 bits per heavy atom. The van der Waals surface area contributed by atoms with Crippen LogP contribution in [-0.2, 0) is 20.9 Å². The van der Waals surface area contributed by atoms with Crippen molar-refractivity contribution in [3.63, 3.8) is 0 Å². The molecule has 0 saturated carbocycles. The monoisotopic (exact) mass is 509 g/mol. The molecule has 0 heterocycles. The third-order valence-electron chi connectivity index (χ3n) is 6.19. The highest BCUT2D eigenvalue weighted by molar-refractivity contribution is 5.92. The van der Waals surface area contributed by atoms with Gasteiger partial charge in [0, 0.05) is 12.6 Å². The molecule has 2 rings (SSSR count). The van der Waals surface area contributed by atoms with E-state index in [2.05, 4.69) is 10.6 Å². The van der Waals surface area contributed by atoms with E-state index < -0.39 is 23.8 Å². The number of carbonyl (C=O) groups excluding carboxylic acids is 3. The van der Waals surface area contributed by atoms with E-state index in [0.717, 1.165) is 11.1 Å². The lowest BCUT2D eigenvalue weighted by molar-refractivity contribution is -0.145. The van der Waals surface area contributed by atoms with Crippen molar-refractivity contribution in [2.75, 3.05) is 0 Å². The average Bonchev–Trinajstić information content (AvgIpc) is 2.83. The molecule has 0 fully saturated rings. The Morgan fingerprint density at radius 1 is 0.946 bits per heavy atom. The van der Waals surface area contributed by atoms with Crippen molar-refractivity contribution in [3.8, 4) is 0 Å². The summed E-state index contributed by atoms with van der Waals surface area (Å²) in [7, 11) is 0. The molecule has 0 aliphatic heterocycles. The van der Waals surface area contributed by atoms with Gasteiger partial charge in [-0.3, -0.25) is 9.59 Å². The molecule has 3 unspecified atom stereocenters. The SMILES string of the molecule is CCC(C)C(NC(=O)OC(C)(C)C)C(=O)N(C(C)C)C(C(=O)NCc1ccccc1)c1ccc(C)cc1. The molecule has 0 bridgehead atoms. The van der Waals surface area contributed by atoms with Gasteiger partial charge >= 0.3 is 6.09 Å². The van der Waals surface area contributed by atoms with Crippen molar-refractivity contribution in [1.82, 2.24) is 15.5 Å². The number of hydrogen-bond donors (Lipinski definition) is 2. The molecule has 0 saturated heterocycles. The van der Waals surface area contributed by atoms with Gasteiger partial charge in [-0.25, -0.2) is 4.79 Å². The van der Waals surface area contributed by atoms with Gasteiger partial charge in [0.15, 0.2) is 0 Å². The van der Waals surface area contributed by atoms with E-state index in [0.29, 0.717) is 18.5 Å². The van der Waals surface area contributed by atoms with Crippen LogP contribution in [0.2, 0.25) is 0 Å². The Labute approximate surface area is 222 Å².